The molecule has 2 aromatic rings. The Balaban J connectivity index is 2.43. The van der Waals surface area contributed by atoms with Crippen molar-refractivity contribution in [1.29, 1.82) is 0 Å². The maximum absolute atomic E-state index is 12.2. The third kappa shape index (κ3) is 3.22. The van der Waals surface area contributed by atoms with E-state index in [-0.39, 0.29) is 4.90 Å². The molecule has 0 saturated carbocycles. The van der Waals surface area contributed by atoms with E-state index in [0.29, 0.717) is 10.6 Å². The standard InChI is InChI=1S/C13H18N4O2S2/c1-9-7-13(17(4)15-9)20-12-8-10(5-6-11(12)14)21(18,19)16(2)3/h5-8H,14H2,1-4H3. The Hall–Kier alpha value is -1.51. The molecular weight excluding hydrogens is 308 g/mol. The number of nitrogens with zero attached hydrogens (tertiary/aromatic N) is 3. The maximum Gasteiger partial charge on any atom is 0.242 e. The van der Waals surface area contributed by atoms with Crippen molar-refractivity contribution in [2.45, 2.75) is 21.7 Å². The van der Waals surface area contributed by atoms with Gasteiger partial charge in [0.05, 0.1) is 15.6 Å². The van der Waals surface area contributed by atoms with Gasteiger partial charge in [-0.3, -0.25) is 4.68 Å². The van der Waals surface area contributed by atoms with E-state index in [4.69, 9.17) is 5.73 Å². The van der Waals surface area contributed by atoms with Gasteiger partial charge in [-0.25, -0.2) is 12.7 Å². The van der Waals surface area contributed by atoms with Gasteiger partial charge < -0.3 is 5.73 Å². The van der Waals surface area contributed by atoms with E-state index in [9.17, 15) is 8.42 Å². The minimum Gasteiger partial charge on any atom is -0.398 e. The first kappa shape index (κ1) is 15.9. The summed E-state index contributed by atoms with van der Waals surface area (Å²) in [5.74, 6) is 0. The fourth-order valence-electron chi connectivity index (χ4n) is 1.77. The molecule has 0 bridgehead atoms. The molecule has 21 heavy (non-hydrogen) atoms. The Kier molecular flexibility index (Phi) is 4.31. The number of aromatic nitrogens is 2. The van der Waals surface area contributed by atoms with Crippen LogP contribution < -0.4 is 5.73 Å². The van der Waals surface area contributed by atoms with Crippen LogP contribution in [0.5, 0.6) is 0 Å². The molecule has 0 spiro atoms. The highest BCUT2D eigenvalue weighted by Gasteiger charge is 2.19. The van der Waals surface area contributed by atoms with Crippen LogP contribution in [0.2, 0.25) is 0 Å². The number of aryl methyl sites for hydroxylation is 2. The van der Waals surface area contributed by atoms with Crippen molar-refractivity contribution in [2.24, 2.45) is 7.05 Å². The van der Waals surface area contributed by atoms with Crippen LogP contribution in [0.15, 0.2) is 39.1 Å². The number of hydrogen-bond donors (Lipinski definition) is 1. The lowest BCUT2D eigenvalue weighted by atomic mass is 10.3. The van der Waals surface area contributed by atoms with Crippen molar-refractivity contribution in [1.82, 2.24) is 14.1 Å². The van der Waals surface area contributed by atoms with E-state index in [1.807, 2.05) is 20.0 Å². The Morgan fingerprint density at radius 3 is 2.48 bits per heavy atom. The van der Waals surface area contributed by atoms with Crippen LogP contribution in [0.1, 0.15) is 5.69 Å². The molecule has 0 radical (unpaired) electrons. The fourth-order valence-corrected chi connectivity index (χ4v) is 3.77. The predicted molar refractivity (Wildman–Crippen MR) is 83.8 cm³/mol. The molecule has 1 aromatic heterocycles. The zero-order valence-electron chi connectivity index (χ0n) is 12.4. The van der Waals surface area contributed by atoms with E-state index < -0.39 is 10.0 Å². The molecule has 0 aliphatic heterocycles. The number of rotatable bonds is 4. The smallest absolute Gasteiger partial charge is 0.242 e. The van der Waals surface area contributed by atoms with Crippen molar-refractivity contribution in [3.05, 3.63) is 30.0 Å². The molecule has 0 atom stereocenters. The lowest BCUT2D eigenvalue weighted by molar-refractivity contribution is 0.520. The number of sulfonamides is 1. The van der Waals surface area contributed by atoms with Crippen molar-refractivity contribution in [3.63, 3.8) is 0 Å². The molecule has 114 valence electrons. The average molecular weight is 326 g/mol. The molecule has 0 amide bonds. The van der Waals surface area contributed by atoms with Crippen LogP contribution in [0.25, 0.3) is 0 Å². The zero-order valence-corrected chi connectivity index (χ0v) is 14.0. The molecule has 1 aromatic carbocycles. The van der Waals surface area contributed by atoms with Gasteiger partial charge in [-0.15, -0.1) is 0 Å². The molecule has 2 rings (SSSR count). The Morgan fingerprint density at radius 1 is 1.29 bits per heavy atom. The second-order valence-corrected chi connectivity index (χ2v) is 8.05. The molecule has 0 aliphatic rings. The van der Waals surface area contributed by atoms with Crippen LogP contribution in [-0.2, 0) is 17.1 Å². The maximum atomic E-state index is 12.2. The van der Waals surface area contributed by atoms with Crippen molar-refractivity contribution in [2.75, 3.05) is 19.8 Å². The van der Waals surface area contributed by atoms with Crippen LogP contribution in [0.4, 0.5) is 5.69 Å². The fraction of sp³-hybridized carbons (Fsp3) is 0.308. The Labute approximate surface area is 129 Å². The first-order valence-corrected chi connectivity index (χ1v) is 8.48. The van der Waals surface area contributed by atoms with Gasteiger partial charge in [0.2, 0.25) is 10.0 Å². The van der Waals surface area contributed by atoms with Crippen LogP contribution in [-0.4, -0.2) is 36.6 Å². The third-order valence-corrected chi connectivity index (χ3v) is 5.91. The second-order valence-electron chi connectivity index (χ2n) is 4.84. The Bertz CT molecular complexity index is 766. The van der Waals surface area contributed by atoms with Gasteiger partial charge in [-0.1, -0.05) is 11.8 Å². The summed E-state index contributed by atoms with van der Waals surface area (Å²) in [6.07, 6.45) is 0. The molecule has 0 unspecified atom stereocenters. The summed E-state index contributed by atoms with van der Waals surface area (Å²) in [4.78, 5) is 0.920. The van der Waals surface area contributed by atoms with E-state index in [0.717, 1.165) is 10.7 Å². The third-order valence-electron chi connectivity index (χ3n) is 2.94. The highest BCUT2D eigenvalue weighted by molar-refractivity contribution is 7.99. The minimum atomic E-state index is -3.47. The van der Waals surface area contributed by atoms with Gasteiger partial charge in [0.15, 0.2) is 0 Å². The van der Waals surface area contributed by atoms with Gasteiger partial charge in [0.25, 0.3) is 0 Å². The molecule has 2 N–H and O–H groups in total. The van der Waals surface area contributed by atoms with E-state index in [1.54, 1.807) is 16.8 Å². The molecule has 0 aliphatic carbocycles. The van der Waals surface area contributed by atoms with Gasteiger partial charge in [0.1, 0.15) is 0 Å². The summed E-state index contributed by atoms with van der Waals surface area (Å²) < 4.78 is 27.3. The van der Waals surface area contributed by atoms with Gasteiger partial charge >= 0.3 is 0 Å². The number of hydrogen-bond acceptors (Lipinski definition) is 5. The molecule has 0 saturated heterocycles. The first-order chi connectivity index (χ1) is 9.71. The molecule has 0 fully saturated rings. The molecule has 8 heteroatoms. The summed E-state index contributed by atoms with van der Waals surface area (Å²) >= 11 is 1.40. The van der Waals surface area contributed by atoms with Gasteiger partial charge in [-0.05, 0) is 31.2 Å². The number of benzene rings is 1. The van der Waals surface area contributed by atoms with Crippen LogP contribution >= 0.6 is 11.8 Å². The van der Waals surface area contributed by atoms with Crippen molar-refractivity contribution in [3.8, 4) is 0 Å². The molecular formula is C13H18N4O2S2. The largest absolute Gasteiger partial charge is 0.398 e. The van der Waals surface area contributed by atoms with Crippen LogP contribution in [0.3, 0.4) is 0 Å². The minimum absolute atomic E-state index is 0.225. The first-order valence-electron chi connectivity index (χ1n) is 6.22. The zero-order chi connectivity index (χ0) is 15.8. The van der Waals surface area contributed by atoms with E-state index >= 15 is 0 Å². The second kappa shape index (κ2) is 5.70. The van der Waals surface area contributed by atoms with Gasteiger partial charge in [-0.2, -0.15) is 5.10 Å². The highest BCUT2D eigenvalue weighted by atomic mass is 32.2. The van der Waals surface area contributed by atoms with E-state index in [2.05, 4.69) is 5.10 Å². The summed E-state index contributed by atoms with van der Waals surface area (Å²) in [6, 6.07) is 6.65. The van der Waals surface area contributed by atoms with Crippen LogP contribution in [0, 0.1) is 6.92 Å². The topological polar surface area (TPSA) is 81.2 Å². The Morgan fingerprint density at radius 2 is 1.95 bits per heavy atom. The van der Waals surface area contributed by atoms with Crippen molar-refractivity contribution < 1.29 is 8.42 Å². The highest BCUT2D eigenvalue weighted by Crippen LogP contribution is 2.34. The SMILES string of the molecule is Cc1cc(Sc2cc(S(=O)(=O)N(C)C)ccc2N)n(C)n1. The monoisotopic (exact) mass is 326 g/mol. The average Bonchev–Trinajstić information content (AvgIpc) is 2.70. The number of nitrogen functional groups attached to an aromatic ring is 1. The lowest BCUT2D eigenvalue weighted by Gasteiger charge is -2.13. The number of nitrogens with two attached hydrogens (primary N) is 1. The summed E-state index contributed by atoms with van der Waals surface area (Å²) in [5.41, 5.74) is 7.39. The summed E-state index contributed by atoms with van der Waals surface area (Å²) in [6.45, 7) is 1.90. The van der Waals surface area contributed by atoms with Gasteiger partial charge in [0, 0.05) is 31.7 Å². The number of anilines is 1. The summed E-state index contributed by atoms with van der Waals surface area (Å²) in [7, 11) is 1.37. The quantitative estimate of drug-likeness (QED) is 0.865. The predicted octanol–water partition coefficient (Wildman–Crippen LogP) is 1.71. The lowest BCUT2D eigenvalue weighted by Crippen LogP contribution is -2.22. The van der Waals surface area contributed by atoms with Crippen molar-refractivity contribution >= 4 is 27.5 Å². The summed E-state index contributed by atoms with van der Waals surface area (Å²) in [5, 5.41) is 5.17. The normalized spacial score (nSPS) is 12.0. The molecule has 6 nitrogen and oxygen atoms in total. The molecule has 1 heterocycles. The van der Waals surface area contributed by atoms with E-state index in [1.165, 1.54) is 36.2 Å².